The number of phenols is 1. The average Bonchev–Trinajstić information content (AvgIpc) is 3.49. The fourth-order valence-corrected chi connectivity index (χ4v) is 5.61. The Hall–Kier alpha value is -4.22. The van der Waals surface area contributed by atoms with Crippen LogP contribution in [-0.4, -0.2) is 39.2 Å². The van der Waals surface area contributed by atoms with Crippen molar-refractivity contribution < 1.29 is 29.3 Å². The van der Waals surface area contributed by atoms with Gasteiger partial charge in [0.15, 0.2) is 11.5 Å². The minimum Gasteiger partial charge on any atom is -0.507 e. The third kappa shape index (κ3) is 5.05. The van der Waals surface area contributed by atoms with Gasteiger partial charge in [0.1, 0.15) is 23.1 Å². The van der Waals surface area contributed by atoms with Crippen molar-refractivity contribution in [1.29, 1.82) is 0 Å². The standard InChI is InChI=1S/C29H24BrN3O6S/c1-15-6-4-5-7-18(15)14-39-20-10-8-17(9-11-20)25(34)23-24(19-12-21(30)26(35)22(13-19)38-3)33(28(37)27(23)36)29-32-31-16(2)40-29/h4-13,24,34-35H,14H2,1-3H3/b25-23+. The van der Waals surface area contributed by atoms with Crippen molar-refractivity contribution in [2.45, 2.75) is 26.5 Å². The SMILES string of the molecule is COc1cc(C2/C(=C(\O)c3ccc(OCc4ccccc4C)cc3)C(=O)C(=O)N2c2nnc(C)s2)cc(Br)c1O. The Morgan fingerprint density at radius 3 is 2.45 bits per heavy atom. The molecule has 0 spiro atoms. The van der Waals surface area contributed by atoms with Crippen LogP contribution in [0.25, 0.3) is 5.76 Å². The van der Waals surface area contributed by atoms with Crippen molar-refractivity contribution in [3.8, 4) is 17.2 Å². The van der Waals surface area contributed by atoms with Crippen LogP contribution in [0.15, 0.2) is 70.7 Å². The number of aryl methyl sites for hydroxylation is 2. The summed E-state index contributed by atoms with van der Waals surface area (Å²) in [5.74, 6) is -1.54. The normalized spacial score (nSPS) is 16.4. The van der Waals surface area contributed by atoms with Crippen LogP contribution in [0.3, 0.4) is 0 Å². The Morgan fingerprint density at radius 2 is 1.80 bits per heavy atom. The van der Waals surface area contributed by atoms with E-state index in [2.05, 4.69) is 26.1 Å². The van der Waals surface area contributed by atoms with Gasteiger partial charge in [-0.1, -0.05) is 35.6 Å². The molecule has 11 heteroatoms. The molecule has 2 heterocycles. The van der Waals surface area contributed by atoms with Gasteiger partial charge in [-0.3, -0.25) is 14.5 Å². The van der Waals surface area contributed by atoms with Gasteiger partial charge in [0.2, 0.25) is 5.13 Å². The van der Waals surface area contributed by atoms with Crippen LogP contribution >= 0.6 is 27.3 Å². The molecule has 1 saturated heterocycles. The number of Topliss-reactive ketones (excluding diaryl/α,β-unsaturated/α-hetero) is 1. The van der Waals surface area contributed by atoms with E-state index in [4.69, 9.17) is 9.47 Å². The van der Waals surface area contributed by atoms with Gasteiger partial charge in [-0.25, -0.2) is 0 Å². The number of anilines is 1. The molecule has 1 aromatic heterocycles. The number of aliphatic hydroxyl groups excluding tert-OH is 1. The number of ether oxygens (including phenoxy) is 2. The number of hydrogen-bond donors (Lipinski definition) is 2. The maximum Gasteiger partial charge on any atom is 0.301 e. The van der Waals surface area contributed by atoms with Crippen molar-refractivity contribution in [2.75, 3.05) is 12.0 Å². The lowest BCUT2D eigenvalue weighted by atomic mass is 9.95. The van der Waals surface area contributed by atoms with Crippen molar-refractivity contribution in [3.63, 3.8) is 0 Å². The van der Waals surface area contributed by atoms with E-state index in [0.29, 0.717) is 28.5 Å². The Kier molecular flexibility index (Phi) is 7.59. The molecule has 1 amide bonds. The quantitative estimate of drug-likeness (QED) is 0.150. The Labute approximate surface area is 242 Å². The summed E-state index contributed by atoms with van der Waals surface area (Å²) in [5.41, 5.74) is 2.77. The molecule has 0 saturated carbocycles. The van der Waals surface area contributed by atoms with E-state index >= 15 is 0 Å². The van der Waals surface area contributed by atoms with Crippen LogP contribution in [0.5, 0.6) is 17.2 Å². The van der Waals surface area contributed by atoms with Crippen LogP contribution in [0.2, 0.25) is 0 Å². The van der Waals surface area contributed by atoms with Gasteiger partial charge in [0.25, 0.3) is 5.78 Å². The first-order valence-corrected chi connectivity index (χ1v) is 13.8. The number of nitrogens with zero attached hydrogens (tertiary/aromatic N) is 3. The van der Waals surface area contributed by atoms with Gasteiger partial charge in [0, 0.05) is 5.56 Å². The zero-order chi connectivity index (χ0) is 28.6. The number of amides is 1. The molecule has 204 valence electrons. The zero-order valence-corrected chi connectivity index (χ0v) is 24.1. The van der Waals surface area contributed by atoms with E-state index in [1.807, 2.05) is 31.2 Å². The number of aromatic nitrogens is 2. The number of ketones is 1. The first-order chi connectivity index (χ1) is 19.2. The van der Waals surface area contributed by atoms with E-state index in [9.17, 15) is 19.8 Å². The predicted octanol–water partition coefficient (Wildman–Crippen LogP) is 5.84. The van der Waals surface area contributed by atoms with Gasteiger partial charge in [-0.2, -0.15) is 0 Å². The lowest BCUT2D eigenvalue weighted by molar-refractivity contribution is -0.132. The van der Waals surface area contributed by atoms with Gasteiger partial charge in [-0.05, 0) is 82.9 Å². The second-order valence-corrected chi connectivity index (χ2v) is 11.1. The van der Waals surface area contributed by atoms with Crippen molar-refractivity contribution in [3.05, 3.63) is 98.0 Å². The number of carbonyl (C=O) groups is 2. The van der Waals surface area contributed by atoms with Gasteiger partial charge >= 0.3 is 5.91 Å². The van der Waals surface area contributed by atoms with E-state index in [1.54, 1.807) is 37.3 Å². The lowest BCUT2D eigenvalue weighted by Crippen LogP contribution is -2.29. The minimum atomic E-state index is -1.06. The predicted molar refractivity (Wildman–Crippen MR) is 154 cm³/mol. The first kappa shape index (κ1) is 27.4. The van der Waals surface area contributed by atoms with Gasteiger partial charge in [-0.15, -0.1) is 10.2 Å². The van der Waals surface area contributed by atoms with Crippen LogP contribution in [-0.2, 0) is 16.2 Å². The van der Waals surface area contributed by atoms with Gasteiger partial charge in [0.05, 0.1) is 23.2 Å². The molecule has 0 aliphatic carbocycles. The summed E-state index contributed by atoms with van der Waals surface area (Å²) < 4.78 is 11.5. The van der Waals surface area contributed by atoms with Crippen LogP contribution in [0, 0.1) is 13.8 Å². The van der Waals surface area contributed by atoms with Crippen molar-refractivity contribution in [2.24, 2.45) is 0 Å². The lowest BCUT2D eigenvalue weighted by Gasteiger charge is -2.23. The first-order valence-electron chi connectivity index (χ1n) is 12.1. The summed E-state index contributed by atoms with van der Waals surface area (Å²) >= 11 is 4.45. The molecule has 0 radical (unpaired) electrons. The largest absolute Gasteiger partial charge is 0.507 e. The Bertz CT molecular complexity index is 1650. The van der Waals surface area contributed by atoms with Crippen molar-refractivity contribution in [1.82, 2.24) is 10.2 Å². The minimum absolute atomic E-state index is 0.124. The Balaban J connectivity index is 1.56. The molecule has 1 fully saturated rings. The molecule has 4 aromatic rings. The number of methoxy groups -OCH3 is 1. The maximum atomic E-state index is 13.4. The highest BCUT2D eigenvalue weighted by Gasteiger charge is 2.48. The monoisotopic (exact) mass is 621 g/mol. The fourth-order valence-electron chi connectivity index (χ4n) is 4.43. The second kappa shape index (κ2) is 11.1. The van der Waals surface area contributed by atoms with E-state index < -0.39 is 17.7 Å². The molecule has 40 heavy (non-hydrogen) atoms. The van der Waals surface area contributed by atoms with Crippen LogP contribution in [0.1, 0.15) is 33.3 Å². The number of phenolic OH excluding ortho intramolecular Hbond substituents is 1. The molecule has 3 aromatic carbocycles. The topological polar surface area (TPSA) is 122 Å². The third-order valence-corrected chi connectivity index (χ3v) is 7.98. The summed E-state index contributed by atoms with van der Waals surface area (Å²) in [5, 5.41) is 30.6. The molecular weight excluding hydrogens is 598 g/mol. The van der Waals surface area contributed by atoms with E-state index in [1.165, 1.54) is 18.1 Å². The summed E-state index contributed by atoms with van der Waals surface area (Å²) in [6.45, 7) is 4.12. The summed E-state index contributed by atoms with van der Waals surface area (Å²) in [7, 11) is 1.39. The van der Waals surface area contributed by atoms with Crippen LogP contribution < -0.4 is 14.4 Å². The summed E-state index contributed by atoms with van der Waals surface area (Å²) in [4.78, 5) is 27.9. The number of hydrogen-bond acceptors (Lipinski definition) is 9. The molecule has 1 atom stereocenters. The number of aliphatic hydroxyl groups is 1. The molecule has 0 bridgehead atoms. The second-order valence-electron chi connectivity index (χ2n) is 9.07. The summed E-state index contributed by atoms with van der Waals surface area (Å²) in [6.07, 6.45) is 0. The van der Waals surface area contributed by atoms with Crippen LogP contribution in [0.4, 0.5) is 5.13 Å². The molecule has 1 unspecified atom stereocenters. The molecule has 2 N–H and O–H groups in total. The molecule has 5 rings (SSSR count). The fraction of sp³-hybridized carbons (Fsp3) is 0.172. The highest BCUT2D eigenvalue weighted by Crippen LogP contribution is 2.46. The number of aromatic hydroxyl groups is 1. The van der Waals surface area contributed by atoms with Crippen molar-refractivity contribution >= 4 is 49.8 Å². The van der Waals surface area contributed by atoms with E-state index in [-0.39, 0.29) is 32.4 Å². The number of benzene rings is 3. The maximum absolute atomic E-state index is 13.4. The molecular formula is C29H24BrN3O6S. The molecule has 1 aliphatic rings. The van der Waals surface area contributed by atoms with Gasteiger partial charge < -0.3 is 19.7 Å². The zero-order valence-electron chi connectivity index (χ0n) is 21.7. The number of halogens is 1. The number of carbonyl (C=O) groups excluding carboxylic acids is 2. The average molecular weight is 622 g/mol. The highest BCUT2D eigenvalue weighted by atomic mass is 79.9. The smallest absolute Gasteiger partial charge is 0.301 e. The van der Waals surface area contributed by atoms with E-state index in [0.717, 1.165) is 22.5 Å². The third-order valence-electron chi connectivity index (χ3n) is 6.54. The molecule has 9 nitrogen and oxygen atoms in total. The molecule has 1 aliphatic heterocycles. The highest BCUT2D eigenvalue weighted by molar-refractivity contribution is 9.10. The Morgan fingerprint density at radius 1 is 1.07 bits per heavy atom. The number of rotatable bonds is 7. The summed E-state index contributed by atoms with van der Waals surface area (Å²) in [6, 6.07) is 16.5.